The Labute approximate surface area is 167 Å². The van der Waals surface area contributed by atoms with Gasteiger partial charge in [-0.2, -0.15) is 18.4 Å². The van der Waals surface area contributed by atoms with E-state index in [4.69, 9.17) is 0 Å². The molecule has 152 valence electrons. The summed E-state index contributed by atoms with van der Waals surface area (Å²) in [5, 5.41) is 11.7. The predicted octanol–water partition coefficient (Wildman–Crippen LogP) is 3.73. The second-order valence-electron chi connectivity index (χ2n) is 6.84. The summed E-state index contributed by atoms with van der Waals surface area (Å²) in [6.07, 6.45) is -3.74. The molecule has 2 aromatic carbocycles. The number of hydrogen-bond donors (Lipinski definition) is 1. The van der Waals surface area contributed by atoms with Gasteiger partial charge >= 0.3 is 6.18 Å². The van der Waals surface area contributed by atoms with Gasteiger partial charge in [0.05, 0.1) is 29.0 Å². The van der Waals surface area contributed by atoms with E-state index in [2.05, 4.69) is 16.3 Å². The van der Waals surface area contributed by atoms with Crippen molar-refractivity contribution < 1.29 is 18.0 Å². The van der Waals surface area contributed by atoms with Crippen molar-refractivity contribution >= 4 is 17.3 Å². The standard InChI is InChI=1S/C21H21F3N4O/c22-21(23,24)17-7-2-3-8-18(17)26-20(29)15-27-10-5-11-28(13-12-27)19-9-4-1-6-16(19)14-25/h1-4,6-9H,5,10-13,15H2,(H,26,29). The van der Waals surface area contributed by atoms with Crippen LogP contribution in [-0.4, -0.2) is 43.5 Å². The van der Waals surface area contributed by atoms with Crippen molar-refractivity contribution in [2.75, 3.05) is 42.9 Å². The Balaban J connectivity index is 1.61. The van der Waals surface area contributed by atoms with Gasteiger partial charge in [0.25, 0.3) is 0 Å². The first-order valence-electron chi connectivity index (χ1n) is 9.31. The van der Waals surface area contributed by atoms with E-state index in [1.54, 1.807) is 6.07 Å². The molecule has 0 unspecified atom stereocenters. The molecule has 0 atom stereocenters. The van der Waals surface area contributed by atoms with Crippen LogP contribution in [0.3, 0.4) is 0 Å². The molecule has 1 amide bonds. The molecule has 0 saturated carbocycles. The van der Waals surface area contributed by atoms with Crippen LogP contribution in [0.1, 0.15) is 17.5 Å². The molecule has 1 fully saturated rings. The molecular weight excluding hydrogens is 381 g/mol. The third-order valence-corrected chi connectivity index (χ3v) is 4.83. The lowest BCUT2D eigenvalue weighted by Gasteiger charge is -2.24. The van der Waals surface area contributed by atoms with Gasteiger partial charge in [-0.15, -0.1) is 0 Å². The van der Waals surface area contributed by atoms with Crippen LogP contribution < -0.4 is 10.2 Å². The highest BCUT2D eigenvalue weighted by molar-refractivity contribution is 5.93. The average Bonchev–Trinajstić information content (AvgIpc) is 2.93. The van der Waals surface area contributed by atoms with Gasteiger partial charge < -0.3 is 10.2 Å². The van der Waals surface area contributed by atoms with Gasteiger partial charge in [0.15, 0.2) is 0 Å². The first-order valence-corrected chi connectivity index (χ1v) is 9.31. The fraction of sp³-hybridized carbons (Fsp3) is 0.333. The summed E-state index contributed by atoms with van der Waals surface area (Å²) in [5.74, 6) is -0.479. The van der Waals surface area contributed by atoms with E-state index in [1.165, 1.54) is 18.2 Å². The molecule has 0 spiro atoms. The van der Waals surface area contributed by atoms with Crippen LogP contribution in [0.25, 0.3) is 0 Å². The Morgan fingerprint density at radius 2 is 1.76 bits per heavy atom. The maximum atomic E-state index is 13.1. The highest BCUT2D eigenvalue weighted by Crippen LogP contribution is 2.34. The molecule has 29 heavy (non-hydrogen) atoms. The lowest BCUT2D eigenvalue weighted by molar-refractivity contribution is -0.137. The molecule has 1 heterocycles. The summed E-state index contributed by atoms with van der Waals surface area (Å²) >= 11 is 0. The zero-order valence-electron chi connectivity index (χ0n) is 15.7. The Morgan fingerprint density at radius 1 is 1.03 bits per heavy atom. The van der Waals surface area contributed by atoms with E-state index < -0.39 is 17.6 Å². The Kier molecular flexibility index (Phi) is 6.39. The van der Waals surface area contributed by atoms with Crippen molar-refractivity contribution in [3.05, 3.63) is 59.7 Å². The average molecular weight is 402 g/mol. The number of nitriles is 1. The van der Waals surface area contributed by atoms with Crippen molar-refractivity contribution in [2.24, 2.45) is 0 Å². The van der Waals surface area contributed by atoms with Gasteiger partial charge in [-0.3, -0.25) is 9.69 Å². The van der Waals surface area contributed by atoms with Crippen LogP contribution in [0, 0.1) is 11.3 Å². The first-order chi connectivity index (χ1) is 13.9. The normalized spacial score (nSPS) is 15.4. The van der Waals surface area contributed by atoms with Crippen molar-refractivity contribution in [3.8, 4) is 6.07 Å². The predicted molar refractivity (Wildman–Crippen MR) is 105 cm³/mol. The molecule has 8 heteroatoms. The monoisotopic (exact) mass is 402 g/mol. The minimum atomic E-state index is -4.53. The van der Waals surface area contributed by atoms with Crippen molar-refractivity contribution in [1.82, 2.24) is 4.90 Å². The highest BCUT2D eigenvalue weighted by atomic mass is 19.4. The number of para-hydroxylation sites is 2. The molecule has 1 saturated heterocycles. The SMILES string of the molecule is N#Cc1ccccc1N1CCCN(CC(=O)Nc2ccccc2C(F)(F)F)CC1. The zero-order valence-corrected chi connectivity index (χ0v) is 15.7. The third kappa shape index (κ3) is 5.27. The molecule has 1 aliphatic heterocycles. The van der Waals surface area contributed by atoms with Gasteiger partial charge in [-0.25, -0.2) is 0 Å². The Morgan fingerprint density at radius 3 is 2.52 bits per heavy atom. The summed E-state index contributed by atoms with van der Waals surface area (Å²) in [4.78, 5) is 16.4. The summed E-state index contributed by atoms with van der Waals surface area (Å²) < 4.78 is 39.3. The number of halogens is 3. The summed E-state index contributed by atoms with van der Waals surface area (Å²) in [6, 6.07) is 14.5. The van der Waals surface area contributed by atoms with Crippen molar-refractivity contribution in [1.29, 1.82) is 5.26 Å². The molecule has 5 nitrogen and oxygen atoms in total. The molecule has 0 radical (unpaired) electrons. The number of benzene rings is 2. The van der Waals surface area contributed by atoms with Crippen molar-refractivity contribution in [2.45, 2.75) is 12.6 Å². The van der Waals surface area contributed by atoms with Gasteiger partial charge in [0, 0.05) is 26.2 Å². The number of carbonyl (C=O) groups is 1. The number of nitrogens with zero attached hydrogens (tertiary/aromatic N) is 3. The Bertz CT molecular complexity index is 907. The molecule has 1 N–H and O–H groups in total. The summed E-state index contributed by atoms with van der Waals surface area (Å²) in [5.41, 5.74) is 0.371. The lowest BCUT2D eigenvalue weighted by Crippen LogP contribution is -2.36. The molecule has 3 rings (SSSR count). The fourth-order valence-electron chi connectivity index (χ4n) is 3.45. The van der Waals surface area contributed by atoms with Gasteiger partial charge in [0.1, 0.15) is 6.07 Å². The number of amides is 1. The van der Waals surface area contributed by atoms with Crippen LogP contribution in [0.2, 0.25) is 0 Å². The van der Waals surface area contributed by atoms with Crippen LogP contribution in [-0.2, 0) is 11.0 Å². The van der Waals surface area contributed by atoms with E-state index in [9.17, 15) is 23.2 Å². The third-order valence-electron chi connectivity index (χ3n) is 4.83. The Hall–Kier alpha value is -3.05. The highest BCUT2D eigenvalue weighted by Gasteiger charge is 2.33. The van der Waals surface area contributed by atoms with E-state index in [0.29, 0.717) is 25.2 Å². The number of anilines is 2. The van der Waals surface area contributed by atoms with E-state index in [1.807, 2.05) is 23.1 Å². The fourth-order valence-corrected chi connectivity index (χ4v) is 3.45. The largest absolute Gasteiger partial charge is 0.418 e. The smallest absolute Gasteiger partial charge is 0.369 e. The topological polar surface area (TPSA) is 59.4 Å². The number of alkyl halides is 3. The van der Waals surface area contributed by atoms with Crippen LogP contribution in [0.4, 0.5) is 24.5 Å². The second-order valence-corrected chi connectivity index (χ2v) is 6.84. The summed E-state index contributed by atoms with van der Waals surface area (Å²) in [7, 11) is 0. The van der Waals surface area contributed by atoms with Gasteiger partial charge in [0.2, 0.25) is 5.91 Å². The van der Waals surface area contributed by atoms with Crippen molar-refractivity contribution in [3.63, 3.8) is 0 Å². The molecule has 0 bridgehead atoms. The van der Waals surface area contributed by atoms with Crippen LogP contribution >= 0.6 is 0 Å². The summed E-state index contributed by atoms with van der Waals surface area (Å²) in [6.45, 7) is 2.62. The molecule has 1 aliphatic rings. The molecule has 0 aliphatic carbocycles. The van der Waals surface area contributed by atoms with E-state index >= 15 is 0 Å². The zero-order chi connectivity index (χ0) is 20.9. The lowest BCUT2D eigenvalue weighted by atomic mass is 10.1. The molecule has 2 aromatic rings. The number of carbonyl (C=O) groups excluding carboxylic acids is 1. The maximum absolute atomic E-state index is 13.1. The maximum Gasteiger partial charge on any atom is 0.418 e. The molecular formula is C21H21F3N4O. The van der Waals surface area contributed by atoms with Crippen LogP contribution in [0.15, 0.2) is 48.5 Å². The number of hydrogen-bond acceptors (Lipinski definition) is 4. The number of nitrogens with one attached hydrogen (secondary N) is 1. The van der Waals surface area contributed by atoms with Gasteiger partial charge in [-0.1, -0.05) is 24.3 Å². The van der Waals surface area contributed by atoms with Crippen LogP contribution in [0.5, 0.6) is 0 Å². The number of rotatable bonds is 4. The quantitative estimate of drug-likeness (QED) is 0.847. The minimum Gasteiger partial charge on any atom is -0.369 e. The molecule has 0 aromatic heterocycles. The van der Waals surface area contributed by atoms with E-state index in [0.717, 1.165) is 24.7 Å². The second kappa shape index (κ2) is 8.97. The minimum absolute atomic E-state index is 0.0138. The van der Waals surface area contributed by atoms with Gasteiger partial charge in [-0.05, 0) is 30.7 Å². The van der Waals surface area contributed by atoms with E-state index in [-0.39, 0.29) is 12.2 Å². The first kappa shape index (κ1) is 20.7.